The summed E-state index contributed by atoms with van der Waals surface area (Å²) in [5.74, 6) is 0. The van der Waals surface area contributed by atoms with E-state index in [4.69, 9.17) is 22.7 Å². The summed E-state index contributed by atoms with van der Waals surface area (Å²) in [7, 11) is 0. The smallest absolute Gasteiger partial charge is 0.399 e. The van der Waals surface area contributed by atoms with Gasteiger partial charge in [-0.2, -0.15) is 13.2 Å². The van der Waals surface area contributed by atoms with Gasteiger partial charge in [0.25, 0.3) is 0 Å². The normalized spacial score (nSPS) is 20.0. The third-order valence-electron chi connectivity index (χ3n) is 3.74. The van der Waals surface area contributed by atoms with Gasteiger partial charge >= 0.3 is 6.18 Å². The summed E-state index contributed by atoms with van der Waals surface area (Å²) in [5.41, 5.74) is 4.95. The monoisotopic (exact) mass is 332 g/mol. The number of allylic oxidation sites excluding steroid dienone is 1. The maximum atomic E-state index is 13.1. The number of rotatable bonds is 2. The van der Waals surface area contributed by atoms with Crippen LogP contribution in [0.15, 0.2) is 29.5 Å². The molecule has 0 radical (unpaired) electrons. The molecule has 0 heterocycles. The standard InChI is InChI=1S/C15H16ClF3N2O/c16-10-6-3-5-9(15(17,18)19)12(10)14(22)13(21)8-4-1-2-7-11(8)20/h3,5-6,14,20,22H,1-2,4,7,21H2. The van der Waals surface area contributed by atoms with Gasteiger partial charge in [-0.3, -0.25) is 0 Å². The highest BCUT2D eigenvalue weighted by Gasteiger charge is 2.37. The predicted octanol–water partition coefficient (Wildman–Crippen LogP) is 4.20. The molecule has 0 saturated heterocycles. The van der Waals surface area contributed by atoms with Crippen molar-refractivity contribution in [2.45, 2.75) is 38.0 Å². The lowest BCUT2D eigenvalue weighted by atomic mass is 9.88. The van der Waals surface area contributed by atoms with Crippen molar-refractivity contribution in [3.8, 4) is 0 Å². The first-order chi connectivity index (χ1) is 10.2. The van der Waals surface area contributed by atoms with Crippen LogP contribution in [0.3, 0.4) is 0 Å². The van der Waals surface area contributed by atoms with Gasteiger partial charge in [0.05, 0.1) is 5.56 Å². The lowest BCUT2D eigenvalue weighted by molar-refractivity contribution is -0.139. The quantitative estimate of drug-likeness (QED) is 0.759. The van der Waals surface area contributed by atoms with Crippen LogP contribution < -0.4 is 5.73 Å². The second kappa shape index (κ2) is 6.30. The van der Waals surface area contributed by atoms with Crippen molar-refractivity contribution >= 4 is 17.3 Å². The van der Waals surface area contributed by atoms with Crippen LogP contribution in [0.2, 0.25) is 5.02 Å². The average Bonchev–Trinajstić information content (AvgIpc) is 2.45. The first-order valence-electron chi connectivity index (χ1n) is 6.83. The molecule has 1 atom stereocenters. The predicted molar refractivity (Wildman–Crippen MR) is 78.8 cm³/mol. The molecule has 0 aliphatic heterocycles. The van der Waals surface area contributed by atoms with Gasteiger partial charge in [-0.15, -0.1) is 0 Å². The van der Waals surface area contributed by atoms with Crippen LogP contribution in [0.5, 0.6) is 0 Å². The zero-order valence-corrected chi connectivity index (χ0v) is 12.4. The Morgan fingerprint density at radius 1 is 1.27 bits per heavy atom. The Morgan fingerprint density at radius 3 is 2.50 bits per heavy atom. The van der Waals surface area contributed by atoms with E-state index in [1.807, 2.05) is 0 Å². The third kappa shape index (κ3) is 3.28. The number of hydrogen-bond acceptors (Lipinski definition) is 3. The molecule has 0 amide bonds. The van der Waals surface area contributed by atoms with Gasteiger partial charge in [0.2, 0.25) is 0 Å². The number of hydrogen-bond donors (Lipinski definition) is 3. The summed E-state index contributed by atoms with van der Waals surface area (Å²) in [5, 5.41) is 18.0. The fourth-order valence-electron chi connectivity index (χ4n) is 2.61. The van der Waals surface area contributed by atoms with E-state index in [-0.39, 0.29) is 16.4 Å². The van der Waals surface area contributed by atoms with Crippen LogP contribution >= 0.6 is 11.6 Å². The number of benzene rings is 1. The van der Waals surface area contributed by atoms with Crippen molar-refractivity contribution in [1.29, 1.82) is 5.41 Å². The van der Waals surface area contributed by atoms with E-state index in [0.717, 1.165) is 18.9 Å². The maximum Gasteiger partial charge on any atom is 0.416 e. The van der Waals surface area contributed by atoms with Crippen molar-refractivity contribution in [1.82, 2.24) is 0 Å². The van der Waals surface area contributed by atoms with Gasteiger partial charge in [-0.25, -0.2) is 0 Å². The lowest BCUT2D eigenvalue weighted by Gasteiger charge is -2.24. The van der Waals surface area contributed by atoms with Gasteiger partial charge in [-0.05, 0) is 43.4 Å². The topological polar surface area (TPSA) is 70.1 Å². The van der Waals surface area contributed by atoms with Gasteiger partial charge in [0.1, 0.15) is 6.10 Å². The lowest BCUT2D eigenvalue weighted by Crippen LogP contribution is -2.22. The number of halogens is 4. The average molecular weight is 333 g/mol. The highest BCUT2D eigenvalue weighted by molar-refractivity contribution is 6.31. The van der Waals surface area contributed by atoms with E-state index < -0.39 is 23.4 Å². The van der Waals surface area contributed by atoms with Crippen LogP contribution in [-0.2, 0) is 6.18 Å². The molecule has 4 N–H and O–H groups in total. The molecule has 1 aliphatic rings. The highest BCUT2D eigenvalue weighted by atomic mass is 35.5. The largest absolute Gasteiger partial charge is 0.416 e. The molecule has 1 aromatic carbocycles. The van der Waals surface area contributed by atoms with Crippen molar-refractivity contribution in [3.63, 3.8) is 0 Å². The molecule has 1 unspecified atom stereocenters. The molecule has 3 nitrogen and oxygen atoms in total. The number of nitrogens with two attached hydrogens (primary N) is 1. The molecule has 0 spiro atoms. The Morgan fingerprint density at radius 2 is 1.91 bits per heavy atom. The summed E-state index contributed by atoms with van der Waals surface area (Å²) in [4.78, 5) is 0. The minimum Gasteiger partial charge on any atom is -0.399 e. The van der Waals surface area contributed by atoms with E-state index in [1.165, 1.54) is 12.1 Å². The van der Waals surface area contributed by atoms with E-state index in [2.05, 4.69) is 0 Å². The summed E-state index contributed by atoms with van der Waals surface area (Å²) in [6, 6.07) is 3.31. The second-order valence-corrected chi connectivity index (χ2v) is 5.63. The molecule has 1 saturated carbocycles. The van der Waals surface area contributed by atoms with Gasteiger partial charge in [0, 0.05) is 22.0 Å². The van der Waals surface area contributed by atoms with Crippen LogP contribution in [0.25, 0.3) is 0 Å². The minimum atomic E-state index is -4.65. The van der Waals surface area contributed by atoms with Crippen molar-refractivity contribution < 1.29 is 18.3 Å². The molecule has 1 aromatic rings. The summed E-state index contributed by atoms with van der Waals surface area (Å²) in [6.07, 6.45) is -3.71. The molecule has 0 bridgehead atoms. The molecule has 0 aromatic heterocycles. The molecule has 2 rings (SSSR count). The van der Waals surface area contributed by atoms with Gasteiger partial charge < -0.3 is 16.2 Å². The Balaban J connectivity index is 2.52. The number of aliphatic hydroxyl groups excluding tert-OH is 1. The van der Waals surface area contributed by atoms with Crippen LogP contribution in [-0.4, -0.2) is 10.8 Å². The first kappa shape index (κ1) is 16.8. The molecule has 1 fully saturated rings. The second-order valence-electron chi connectivity index (χ2n) is 5.22. The van der Waals surface area contributed by atoms with Gasteiger partial charge in [0.15, 0.2) is 0 Å². The molecule has 22 heavy (non-hydrogen) atoms. The first-order valence-corrected chi connectivity index (χ1v) is 7.21. The summed E-state index contributed by atoms with van der Waals surface area (Å²) >= 11 is 5.86. The van der Waals surface area contributed by atoms with Crippen molar-refractivity contribution in [3.05, 3.63) is 45.6 Å². The molecular formula is C15H16ClF3N2O. The number of aliphatic hydroxyl groups is 1. The van der Waals surface area contributed by atoms with E-state index in [9.17, 15) is 18.3 Å². The van der Waals surface area contributed by atoms with Gasteiger partial charge in [-0.1, -0.05) is 17.7 Å². The molecule has 7 heteroatoms. The van der Waals surface area contributed by atoms with Crippen LogP contribution in [0, 0.1) is 5.41 Å². The Labute approximate surface area is 131 Å². The van der Waals surface area contributed by atoms with E-state index in [0.29, 0.717) is 18.4 Å². The highest BCUT2D eigenvalue weighted by Crippen LogP contribution is 2.40. The number of alkyl halides is 3. The SMILES string of the molecule is N=C1CCCCC1=C(N)C(O)c1c(Cl)cccc1C(F)(F)F. The van der Waals surface area contributed by atoms with Crippen LogP contribution in [0.4, 0.5) is 13.2 Å². The fourth-order valence-corrected chi connectivity index (χ4v) is 2.88. The zero-order valence-electron chi connectivity index (χ0n) is 11.7. The Bertz CT molecular complexity index is 626. The third-order valence-corrected chi connectivity index (χ3v) is 4.07. The van der Waals surface area contributed by atoms with E-state index in [1.54, 1.807) is 0 Å². The van der Waals surface area contributed by atoms with E-state index >= 15 is 0 Å². The Kier molecular flexibility index (Phi) is 4.82. The van der Waals surface area contributed by atoms with Crippen molar-refractivity contribution in [2.24, 2.45) is 5.73 Å². The minimum absolute atomic E-state index is 0.122. The Hall–Kier alpha value is -1.53. The molecular weight excluding hydrogens is 317 g/mol. The van der Waals surface area contributed by atoms with Crippen molar-refractivity contribution in [2.75, 3.05) is 0 Å². The maximum absolute atomic E-state index is 13.1. The zero-order chi connectivity index (χ0) is 16.5. The van der Waals surface area contributed by atoms with Crippen LogP contribution in [0.1, 0.15) is 42.9 Å². The number of nitrogens with one attached hydrogen (secondary N) is 1. The summed E-state index contributed by atoms with van der Waals surface area (Å²) < 4.78 is 39.3. The molecule has 120 valence electrons. The molecule has 1 aliphatic carbocycles. The fraction of sp³-hybridized carbons (Fsp3) is 0.400. The summed E-state index contributed by atoms with van der Waals surface area (Å²) in [6.45, 7) is 0.